The van der Waals surface area contributed by atoms with E-state index in [0.717, 1.165) is 31.1 Å². The number of piperidine rings is 1. The summed E-state index contributed by atoms with van der Waals surface area (Å²) in [6.45, 7) is 3.44. The standard InChI is InChI=1S/C13H17N3.2ClH/c1-2-4-13-12(3-1)15-10-16(13)9-11-5-7-14-8-6-11;;/h1-4,10-11,14H,5-9H2;2*1H. The molecule has 0 saturated carbocycles. The Morgan fingerprint density at radius 2 is 1.89 bits per heavy atom. The van der Waals surface area contributed by atoms with Crippen molar-refractivity contribution in [3.05, 3.63) is 30.6 Å². The SMILES string of the molecule is Cl.Cl.c1ccc2c(c1)ncn2CC1CCNCC1. The van der Waals surface area contributed by atoms with Crippen LogP contribution in [-0.2, 0) is 6.54 Å². The van der Waals surface area contributed by atoms with Crippen LogP contribution >= 0.6 is 24.8 Å². The molecule has 2 heterocycles. The normalized spacial score (nSPS) is 16.0. The maximum absolute atomic E-state index is 4.43. The molecule has 0 radical (unpaired) electrons. The van der Waals surface area contributed by atoms with E-state index in [0.29, 0.717) is 0 Å². The smallest absolute Gasteiger partial charge is 0.0958 e. The fraction of sp³-hybridized carbons (Fsp3) is 0.462. The summed E-state index contributed by atoms with van der Waals surface area (Å²) >= 11 is 0. The zero-order chi connectivity index (χ0) is 10.8. The van der Waals surface area contributed by atoms with Crippen LogP contribution in [0.25, 0.3) is 11.0 Å². The van der Waals surface area contributed by atoms with Gasteiger partial charge >= 0.3 is 0 Å². The van der Waals surface area contributed by atoms with Gasteiger partial charge in [-0.2, -0.15) is 0 Å². The van der Waals surface area contributed by atoms with E-state index in [4.69, 9.17) is 0 Å². The van der Waals surface area contributed by atoms with E-state index in [-0.39, 0.29) is 24.8 Å². The molecule has 0 aliphatic carbocycles. The van der Waals surface area contributed by atoms with Crippen LogP contribution < -0.4 is 5.32 Å². The molecule has 1 aliphatic rings. The number of imidazole rings is 1. The number of aromatic nitrogens is 2. The highest BCUT2D eigenvalue weighted by atomic mass is 35.5. The van der Waals surface area contributed by atoms with E-state index >= 15 is 0 Å². The maximum Gasteiger partial charge on any atom is 0.0958 e. The number of rotatable bonds is 2. The van der Waals surface area contributed by atoms with Crippen LogP contribution in [0.15, 0.2) is 30.6 Å². The van der Waals surface area contributed by atoms with Gasteiger partial charge in [0.25, 0.3) is 0 Å². The minimum absolute atomic E-state index is 0. The molecule has 0 amide bonds. The minimum Gasteiger partial charge on any atom is -0.330 e. The Balaban J connectivity index is 0.000000810. The summed E-state index contributed by atoms with van der Waals surface area (Å²) in [4.78, 5) is 4.43. The van der Waals surface area contributed by atoms with Gasteiger partial charge in [0.1, 0.15) is 0 Å². The summed E-state index contributed by atoms with van der Waals surface area (Å²) in [5, 5.41) is 3.41. The van der Waals surface area contributed by atoms with E-state index in [1.807, 2.05) is 12.4 Å². The fourth-order valence-electron chi connectivity index (χ4n) is 2.50. The van der Waals surface area contributed by atoms with E-state index in [1.54, 1.807) is 0 Å². The number of nitrogens with zero attached hydrogens (tertiary/aromatic N) is 2. The minimum atomic E-state index is 0. The lowest BCUT2D eigenvalue weighted by molar-refractivity contribution is 0.336. The number of para-hydroxylation sites is 2. The van der Waals surface area contributed by atoms with Crippen LogP contribution in [-0.4, -0.2) is 22.6 Å². The highest BCUT2D eigenvalue weighted by Crippen LogP contribution is 2.18. The first-order chi connectivity index (χ1) is 7.93. The Morgan fingerprint density at radius 1 is 1.17 bits per heavy atom. The number of hydrogen-bond donors (Lipinski definition) is 1. The average molecular weight is 288 g/mol. The van der Waals surface area contributed by atoms with Crippen molar-refractivity contribution in [2.75, 3.05) is 13.1 Å². The van der Waals surface area contributed by atoms with Crippen molar-refractivity contribution in [2.45, 2.75) is 19.4 Å². The molecule has 100 valence electrons. The first kappa shape index (κ1) is 15.3. The van der Waals surface area contributed by atoms with Gasteiger partial charge in [-0.1, -0.05) is 12.1 Å². The van der Waals surface area contributed by atoms with E-state index in [1.165, 1.54) is 18.4 Å². The molecule has 0 bridgehead atoms. The second-order valence-corrected chi connectivity index (χ2v) is 4.58. The third-order valence-electron chi connectivity index (χ3n) is 3.44. The van der Waals surface area contributed by atoms with Crippen LogP contribution in [0.2, 0.25) is 0 Å². The first-order valence-electron chi connectivity index (χ1n) is 6.04. The van der Waals surface area contributed by atoms with E-state index in [2.05, 4.69) is 33.1 Å². The van der Waals surface area contributed by atoms with E-state index in [9.17, 15) is 0 Å². The zero-order valence-corrected chi connectivity index (χ0v) is 11.8. The molecule has 0 spiro atoms. The number of hydrogen-bond acceptors (Lipinski definition) is 2. The lowest BCUT2D eigenvalue weighted by atomic mass is 9.98. The van der Waals surface area contributed by atoms with Crippen LogP contribution in [0.3, 0.4) is 0 Å². The second-order valence-electron chi connectivity index (χ2n) is 4.58. The molecule has 0 unspecified atom stereocenters. The molecule has 18 heavy (non-hydrogen) atoms. The summed E-state index contributed by atoms with van der Waals surface area (Å²) < 4.78 is 2.30. The number of nitrogens with one attached hydrogen (secondary N) is 1. The molecular weight excluding hydrogens is 269 g/mol. The lowest BCUT2D eigenvalue weighted by Gasteiger charge is -2.23. The van der Waals surface area contributed by atoms with Crippen LogP contribution in [0, 0.1) is 5.92 Å². The van der Waals surface area contributed by atoms with Crippen LogP contribution in [0.4, 0.5) is 0 Å². The third kappa shape index (κ3) is 3.16. The Labute approximate surface area is 120 Å². The Kier molecular flexibility index (Phi) is 5.93. The Hall–Kier alpha value is -0.770. The van der Waals surface area contributed by atoms with Gasteiger partial charge in [-0.25, -0.2) is 4.98 Å². The molecule has 1 aromatic carbocycles. The highest BCUT2D eigenvalue weighted by Gasteiger charge is 2.14. The predicted octanol–water partition coefficient (Wildman–Crippen LogP) is 2.88. The van der Waals surface area contributed by atoms with Crippen molar-refractivity contribution in [1.82, 2.24) is 14.9 Å². The summed E-state index contributed by atoms with van der Waals surface area (Å²) in [5.74, 6) is 0.804. The Morgan fingerprint density at radius 3 is 2.67 bits per heavy atom. The Bertz CT molecular complexity index is 478. The van der Waals surface area contributed by atoms with Gasteiger partial charge in [-0.05, 0) is 44.0 Å². The molecule has 1 fully saturated rings. The summed E-state index contributed by atoms with van der Waals surface area (Å²) in [7, 11) is 0. The monoisotopic (exact) mass is 287 g/mol. The third-order valence-corrected chi connectivity index (χ3v) is 3.44. The first-order valence-corrected chi connectivity index (χ1v) is 6.04. The van der Waals surface area contributed by atoms with Crippen molar-refractivity contribution in [1.29, 1.82) is 0 Å². The van der Waals surface area contributed by atoms with E-state index < -0.39 is 0 Å². The average Bonchev–Trinajstić information content (AvgIpc) is 2.74. The van der Waals surface area contributed by atoms with Crippen LogP contribution in [0.1, 0.15) is 12.8 Å². The summed E-state index contributed by atoms with van der Waals surface area (Å²) in [6, 6.07) is 8.37. The van der Waals surface area contributed by atoms with Crippen molar-refractivity contribution in [3.63, 3.8) is 0 Å². The van der Waals surface area contributed by atoms with Gasteiger partial charge in [0.2, 0.25) is 0 Å². The number of benzene rings is 1. The van der Waals surface area contributed by atoms with Crippen molar-refractivity contribution < 1.29 is 0 Å². The molecule has 2 aromatic rings. The molecule has 1 N–H and O–H groups in total. The van der Waals surface area contributed by atoms with Gasteiger partial charge in [0.15, 0.2) is 0 Å². The van der Waals surface area contributed by atoms with Gasteiger partial charge in [-0.15, -0.1) is 24.8 Å². The van der Waals surface area contributed by atoms with Crippen molar-refractivity contribution >= 4 is 35.8 Å². The topological polar surface area (TPSA) is 29.9 Å². The van der Waals surface area contributed by atoms with Crippen molar-refractivity contribution in [2.24, 2.45) is 5.92 Å². The number of halogens is 2. The number of fused-ring (bicyclic) bond motifs is 1. The summed E-state index contributed by atoms with van der Waals surface area (Å²) in [6.07, 6.45) is 4.55. The predicted molar refractivity (Wildman–Crippen MR) is 79.8 cm³/mol. The molecule has 1 saturated heterocycles. The highest BCUT2D eigenvalue weighted by molar-refractivity contribution is 5.85. The molecule has 1 aliphatic heterocycles. The van der Waals surface area contributed by atoms with Gasteiger partial charge < -0.3 is 9.88 Å². The molecular formula is C13H19Cl2N3. The molecule has 1 aromatic heterocycles. The van der Waals surface area contributed by atoms with Crippen molar-refractivity contribution in [3.8, 4) is 0 Å². The largest absolute Gasteiger partial charge is 0.330 e. The molecule has 5 heteroatoms. The second kappa shape index (κ2) is 6.98. The van der Waals surface area contributed by atoms with Gasteiger partial charge in [0, 0.05) is 6.54 Å². The maximum atomic E-state index is 4.43. The molecule has 3 rings (SSSR count). The zero-order valence-electron chi connectivity index (χ0n) is 10.2. The van der Waals surface area contributed by atoms with Gasteiger partial charge in [0.05, 0.1) is 17.4 Å². The lowest BCUT2D eigenvalue weighted by Crippen LogP contribution is -2.29. The molecule has 0 atom stereocenters. The van der Waals surface area contributed by atoms with Gasteiger partial charge in [-0.3, -0.25) is 0 Å². The summed E-state index contributed by atoms with van der Waals surface area (Å²) in [5.41, 5.74) is 2.37. The quantitative estimate of drug-likeness (QED) is 0.921. The van der Waals surface area contributed by atoms with Crippen LogP contribution in [0.5, 0.6) is 0 Å². The fourth-order valence-corrected chi connectivity index (χ4v) is 2.50. The molecule has 3 nitrogen and oxygen atoms in total.